The van der Waals surface area contributed by atoms with Crippen LogP contribution in [0.2, 0.25) is 5.15 Å². The van der Waals surface area contributed by atoms with E-state index in [1.54, 1.807) is 0 Å². The van der Waals surface area contributed by atoms with Crippen molar-refractivity contribution in [3.8, 4) is 0 Å². The van der Waals surface area contributed by atoms with Gasteiger partial charge in [0.15, 0.2) is 0 Å². The molecule has 1 N–H and O–H groups in total. The lowest BCUT2D eigenvalue weighted by Gasteiger charge is -2.10. The number of carbonyl (C=O) groups excluding carboxylic acids is 1. The number of anilines is 1. The third-order valence-electron chi connectivity index (χ3n) is 2.36. The molecule has 0 aliphatic heterocycles. The van der Waals surface area contributed by atoms with Gasteiger partial charge in [0.1, 0.15) is 5.15 Å². The van der Waals surface area contributed by atoms with Crippen molar-refractivity contribution in [2.24, 2.45) is 5.92 Å². The molecule has 0 unspecified atom stereocenters. The lowest BCUT2D eigenvalue weighted by molar-refractivity contribution is -0.137. The van der Waals surface area contributed by atoms with Gasteiger partial charge in [-0.2, -0.15) is 13.2 Å². The summed E-state index contributed by atoms with van der Waals surface area (Å²) in [6.45, 7) is 0. The first-order valence-electron chi connectivity index (χ1n) is 4.91. The third-order valence-corrected chi connectivity index (χ3v) is 2.66. The third kappa shape index (κ3) is 2.88. The van der Waals surface area contributed by atoms with Crippen molar-refractivity contribution in [1.82, 2.24) is 4.98 Å². The van der Waals surface area contributed by atoms with Gasteiger partial charge in [0.25, 0.3) is 0 Å². The van der Waals surface area contributed by atoms with Crippen LogP contribution in [0.1, 0.15) is 18.4 Å². The second-order valence-electron chi connectivity index (χ2n) is 3.82. The van der Waals surface area contributed by atoms with Crippen molar-refractivity contribution < 1.29 is 18.0 Å². The summed E-state index contributed by atoms with van der Waals surface area (Å²) in [6, 6.07) is 0.787. The SMILES string of the molecule is O=C(Nc1cnc(Cl)c(C(F)(F)F)c1)C1CC1. The molecule has 7 heteroatoms. The largest absolute Gasteiger partial charge is 0.419 e. The molecule has 0 atom stereocenters. The molecule has 0 radical (unpaired) electrons. The van der Waals surface area contributed by atoms with Gasteiger partial charge >= 0.3 is 6.18 Å². The second kappa shape index (κ2) is 4.18. The highest BCUT2D eigenvalue weighted by Gasteiger charge is 2.35. The normalized spacial score (nSPS) is 15.8. The summed E-state index contributed by atoms with van der Waals surface area (Å²) >= 11 is 5.35. The number of amides is 1. The zero-order valence-electron chi connectivity index (χ0n) is 8.51. The van der Waals surface area contributed by atoms with Gasteiger partial charge in [-0.3, -0.25) is 4.79 Å². The molecule has 1 saturated carbocycles. The van der Waals surface area contributed by atoms with Crippen LogP contribution >= 0.6 is 11.6 Å². The number of nitrogens with one attached hydrogen (secondary N) is 1. The minimum Gasteiger partial charge on any atom is -0.324 e. The lowest BCUT2D eigenvalue weighted by Crippen LogP contribution is -2.15. The summed E-state index contributed by atoms with van der Waals surface area (Å²) in [5.41, 5.74) is -1.04. The molecule has 1 amide bonds. The zero-order chi connectivity index (χ0) is 12.6. The van der Waals surface area contributed by atoms with E-state index in [2.05, 4.69) is 10.3 Å². The molecule has 0 aromatic carbocycles. The number of nitrogens with zero attached hydrogens (tertiary/aromatic N) is 1. The summed E-state index contributed by atoms with van der Waals surface area (Å²) in [5.74, 6) is -0.359. The van der Waals surface area contributed by atoms with Gasteiger partial charge in [0, 0.05) is 5.92 Å². The number of pyridine rings is 1. The van der Waals surface area contributed by atoms with E-state index in [0.29, 0.717) is 0 Å². The highest BCUT2D eigenvalue weighted by Crippen LogP contribution is 2.35. The number of hydrogen-bond donors (Lipinski definition) is 1. The molecule has 1 fully saturated rings. The van der Waals surface area contributed by atoms with Crippen LogP contribution in [-0.4, -0.2) is 10.9 Å². The van der Waals surface area contributed by atoms with Crippen LogP contribution in [0, 0.1) is 5.92 Å². The predicted molar refractivity (Wildman–Crippen MR) is 55.6 cm³/mol. The maximum Gasteiger partial charge on any atom is 0.419 e. The summed E-state index contributed by atoms with van der Waals surface area (Å²) in [7, 11) is 0. The van der Waals surface area contributed by atoms with E-state index in [0.717, 1.165) is 25.1 Å². The van der Waals surface area contributed by atoms with Crippen molar-refractivity contribution in [2.75, 3.05) is 5.32 Å². The Morgan fingerprint density at radius 3 is 2.65 bits per heavy atom. The highest BCUT2D eigenvalue weighted by atomic mass is 35.5. The number of carbonyl (C=O) groups is 1. The first-order valence-corrected chi connectivity index (χ1v) is 5.29. The molecule has 2 rings (SSSR count). The Labute approximate surface area is 100.0 Å². The Hall–Kier alpha value is -1.30. The van der Waals surface area contributed by atoms with Gasteiger partial charge in [0.2, 0.25) is 5.91 Å². The summed E-state index contributed by atoms with van der Waals surface area (Å²) in [4.78, 5) is 14.8. The van der Waals surface area contributed by atoms with E-state index in [-0.39, 0.29) is 17.5 Å². The zero-order valence-corrected chi connectivity index (χ0v) is 9.27. The number of alkyl halides is 3. The molecule has 0 bridgehead atoms. The average Bonchev–Trinajstić information content (AvgIpc) is 3.02. The van der Waals surface area contributed by atoms with E-state index in [1.807, 2.05) is 0 Å². The Morgan fingerprint density at radius 2 is 2.12 bits per heavy atom. The molecule has 1 aliphatic carbocycles. The standard InChI is InChI=1S/C10H8ClF3N2O/c11-8-7(10(12,13)14)3-6(4-15-8)16-9(17)5-1-2-5/h3-5H,1-2H2,(H,16,17). The van der Waals surface area contributed by atoms with Gasteiger partial charge in [-0.25, -0.2) is 4.98 Å². The van der Waals surface area contributed by atoms with Crippen LogP contribution in [-0.2, 0) is 11.0 Å². The van der Waals surface area contributed by atoms with Gasteiger partial charge in [0.05, 0.1) is 17.4 Å². The van der Waals surface area contributed by atoms with E-state index < -0.39 is 16.9 Å². The molecule has 92 valence electrons. The van der Waals surface area contributed by atoms with Gasteiger partial charge < -0.3 is 5.32 Å². The molecular formula is C10H8ClF3N2O. The molecule has 17 heavy (non-hydrogen) atoms. The fourth-order valence-corrected chi connectivity index (χ4v) is 1.52. The van der Waals surface area contributed by atoms with E-state index >= 15 is 0 Å². The summed E-state index contributed by atoms with van der Waals surface area (Å²) in [6.07, 6.45) is -1.92. The van der Waals surface area contributed by atoms with Crippen molar-refractivity contribution in [2.45, 2.75) is 19.0 Å². The highest BCUT2D eigenvalue weighted by molar-refractivity contribution is 6.30. The quantitative estimate of drug-likeness (QED) is 0.834. The average molecular weight is 265 g/mol. The minimum absolute atomic E-state index is 0.0126. The Morgan fingerprint density at radius 1 is 1.47 bits per heavy atom. The molecule has 1 aromatic rings. The fraction of sp³-hybridized carbons (Fsp3) is 0.400. The van der Waals surface area contributed by atoms with Gasteiger partial charge in [-0.05, 0) is 18.9 Å². The molecule has 1 aromatic heterocycles. The summed E-state index contributed by atoms with van der Waals surface area (Å²) in [5, 5.41) is 1.76. The van der Waals surface area contributed by atoms with Crippen molar-refractivity contribution in [1.29, 1.82) is 0 Å². The van der Waals surface area contributed by atoms with Crippen LogP contribution in [0.25, 0.3) is 0 Å². The van der Waals surface area contributed by atoms with Crippen molar-refractivity contribution in [3.63, 3.8) is 0 Å². The molecule has 1 heterocycles. The van der Waals surface area contributed by atoms with Gasteiger partial charge in [-0.15, -0.1) is 0 Å². The molecular weight excluding hydrogens is 257 g/mol. The van der Waals surface area contributed by atoms with E-state index in [4.69, 9.17) is 11.6 Å². The number of hydrogen-bond acceptors (Lipinski definition) is 2. The Kier molecular flexibility index (Phi) is 2.99. The van der Waals surface area contributed by atoms with Crippen LogP contribution in [0.4, 0.5) is 18.9 Å². The van der Waals surface area contributed by atoms with Crippen LogP contribution in [0.5, 0.6) is 0 Å². The Balaban J connectivity index is 2.21. The smallest absolute Gasteiger partial charge is 0.324 e. The van der Waals surface area contributed by atoms with Gasteiger partial charge in [-0.1, -0.05) is 11.6 Å². The maximum absolute atomic E-state index is 12.5. The van der Waals surface area contributed by atoms with Crippen molar-refractivity contribution in [3.05, 3.63) is 23.0 Å². The molecule has 0 spiro atoms. The monoisotopic (exact) mass is 264 g/mol. The Bertz CT molecular complexity index is 457. The number of aromatic nitrogens is 1. The number of halogens is 4. The lowest BCUT2D eigenvalue weighted by atomic mass is 10.2. The predicted octanol–water partition coefficient (Wildman–Crippen LogP) is 3.10. The van der Waals surface area contributed by atoms with Crippen LogP contribution in [0.15, 0.2) is 12.3 Å². The second-order valence-corrected chi connectivity index (χ2v) is 4.18. The summed E-state index contributed by atoms with van der Waals surface area (Å²) < 4.78 is 37.5. The number of rotatable bonds is 2. The van der Waals surface area contributed by atoms with Crippen LogP contribution < -0.4 is 5.32 Å². The maximum atomic E-state index is 12.5. The van der Waals surface area contributed by atoms with E-state index in [9.17, 15) is 18.0 Å². The van der Waals surface area contributed by atoms with E-state index in [1.165, 1.54) is 0 Å². The fourth-order valence-electron chi connectivity index (χ4n) is 1.31. The first kappa shape index (κ1) is 12.2. The van der Waals surface area contributed by atoms with Crippen molar-refractivity contribution >= 4 is 23.2 Å². The van der Waals surface area contributed by atoms with Crippen LogP contribution in [0.3, 0.4) is 0 Å². The molecule has 3 nitrogen and oxygen atoms in total. The first-order chi connectivity index (χ1) is 7.88. The topological polar surface area (TPSA) is 42.0 Å². The minimum atomic E-state index is -4.58. The molecule has 0 saturated heterocycles. The molecule has 1 aliphatic rings.